The average Bonchev–Trinajstić information content (AvgIpc) is 2.39. The lowest BCUT2D eigenvalue weighted by molar-refractivity contribution is -0.176. The summed E-state index contributed by atoms with van der Waals surface area (Å²) in [6, 6.07) is 0. The highest BCUT2D eigenvalue weighted by Gasteiger charge is 2.47. The van der Waals surface area contributed by atoms with E-state index in [4.69, 9.17) is 9.47 Å². The summed E-state index contributed by atoms with van der Waals surface area (Å²) in [6.07, 6.45) is 4.01. The number of rotatable bonds is 10. The Balaban J connectivity index is 5.20. The molecule has 0 aromatic carbocycles. The molecule has 0 aliphatic heterocycles. The van der Waals surface area contributed by atoms with Gasteiger partial charge in [0, 0.05) is 0 Å². The number of carbonyl (C=O) groups excluding carboxylic acids is 2. The van der Waals surface area contributed by atoms with Gasteiger partial charge in [0.15, 0.2) is 5.41 Å². The van der Waals surface area contributed by atoms with Gasteiger partial charge in [0.1, 0.15) is 0 Å². The second kappa shape index (κ2) is 9.78. The molecule has 0 spiro atoms. The Bertz CT molecular complexity index is 299. The van der Waals surface area contributed by atoms with Crippen molar-refractivity contribution in [3.05, 3.63) is 0 Å². The first kappa shape index (κ1) is 18.9. The van der Waals surface area contributed by atoms with Crippen LogP contribution in [0.25, 0.3) is 0 Å². The van der Waals surface area contributed by atoms with Crippen molar-refractivity contribution in [1.29, 1.82) is 0 Å². The second-order valence-corrected chi connectivity index (χ2v) is 5.53. The van der Waals surface area contributed by atoms with E-state index in [0.29, 0.717) is 19.4 Å². The molecule has 4 heteroatoms. The Morgan fingerprint density at radius 2 is 1.60 bits per heavy atom. The van der Waals surface area contributed by atoms with Crippen molar-refractivity contribution >= 4 is 11.9 Å². The zero-order chi connectivity index (χ0) is 15.6. The molecular weight excluding hydrogens is 256 g/mol. The summed E-state index contributed by atoms with van der Waals surface area (Å²) in [5.74, 6) is -0.843. The summed E-state index contributed by atoms with van der Waals surface area (Å²) in [7, 11) is 0. The van der Waals surface area contributed by atoms with E-state index in [2.05, 4.69) is 0 Å². The molecule has 4 nitrogen and oxygen atoms in total. The van der Waals surface area contributed by atoms with E-state index in [1.54, 1.807) is 13.8 Å². The third-order valence-electron chi connectivity index (χ3n) is 3.20. The molecule has 1 atom stereocenters. The Morgan fingerprint density at radius 3 is 2.05 bits per heavy atom. The topological polar surface area (TPSA) is 52.6 Å². The van der Waals surface area contributed by atoms with Gasteiger partial charge in [-0.3, -0.25) is 9.59 Å². The maximum atomic E-state index is 12.5. The predicted octanol–water partition coefficient (Wildman–Crippen LogP) is 3.87. The molecule has 0 N–H and O–H groups in total. The molecular formula is C16H30O4. The van der Waals surface area contributed by atoms with Crippen molar-refractivity contribution in [3.63, 3.8) is 0 Å². The van der Waals surface area contributed by atoms with Crippen LogP contribution in [0.1, 0.15) is 73.1 Å². The van der Waals surface area contributed by atoms with Crippen molar-refractivity contribution in [2.24, 2.45) is 5.41 Å². The van der Waals surface area contributed by atoms with Gasteiger partial charge in [-0.1, -0.05) is 40.0 Å². The van der Waals surface area contributed by atoms with E-state index in [-0.39, 0.29) is 6.10 Å². The van der Waals surface area contributed by atoms with Crippen molar-refractivity contribution in [2.75, 3.05) is 6.61 Å². The quantitative estimate of drug-likeness (QED) is 0.452. The maximum Gasteiger partial charge on any atom is 0.323 e. The average molecular weight is 286 g/mol. The lowest BCUT2D eigenvalue weighted by Gasteiger charge is -2.30. The van der Waals surface area contributed by atoms with Crippen LogP contribution < -0.4 is 0 Å². The van der Waals surface area contributed by atoms with Gasteiger partial charge in [-0.15, -0.1) is 0 Å². The molecule has 1 unspecified atom stereocenters. The van der Waals surface area contributed by atoms with Gasteiger partial charge in [-0.25, -0.2) is 0 Å². The van der Waals surface area contributed by atoms with Crippen molar-refractivity contribution in [1.82, 2.24) is 0 Å². The summed E-state index contributed by atoms with van der Waals surface area (Å²) in [5.41, 5.74) is -1.12. The van der Waals surface area contributed by atoms with Gasteiger partial charge in [-0.2, -0.15) is 0 Å². The van der Waals surface area contributed by atoms with Gasteiger partial charge in [-0.05, 0) is 33.1 Å². The van der Waals surface area contributed by atoms with E-state index in [9.17, 15) is 9.59 Å². The van der Waals surface area contributed by atoms with Crippen LogP contribution in [0.4, 0.5) is 0 Å². The van der Waals surface area contributed by atoms with E-state index in [1.165, 1.54) is 0 Å². The number of carbonyl (C=O) groups is 2. The SMILES string of the molecule is CCCCC(CCC)(C(=O)OCCC)C(=O)OC(C)C. The normalized spacial score (nSPS) is 13.9. The van der Waals surface area contributed by atoms with Gasteiger partial charge < -0.3 is 9.47 Å². The highest BCUT2D eigenvalue weighted by molar-refractivity contribution is 6.00. The number of ether oxygens (including phenoxy) is 2. The first-order chi connectivity index (χ1) is 9.44. The van der Waals surface area contributed by atoms with E-state index in [1.807, 2.05) is 20.8 Å². The lowest BCUT2D eigenvalue weighted by Crippen LogP contribution is -2.43. The van der Waals surface area contributed by atoms with Crippen LogP contribution in [-0.4, -0.2) is 24.6 Å². The minimum atomic E-state index is -1.12. The van der Waals surface area contributed by atoms with Crippen LogP contribution in [0.3, 0.4) is 0 Å². The van der Waals surface area contributed by atoms with E-state index >= 15 is 0 Å². The number of hydrogen-bond donors (Lipinski definition) is 0. The molecule has 0 aliphatic carbocycles. The van der Waals surface area contributed by atoms with Crippen LogP contribution in [-0.2, 0) is 19.1 Å². The third kappa shape index (κ3) is 5.51. The zero-order valence-electron chi connectivity index (χ0n) is 13.7. The standard InChI is InChI=1S/C16H30O4/c1-6-9-11-16(10-7-2,14(17)19-12-8-3)15(18)20-13(4)5/h13H,6-12H2,1-5H3. The monoisotopic (exact) mass is 286 g/mol. The number of unbranched alkanes of at least 4 members (excludes halogenated alkanes) is 1. The first-order valence-electron chi connectivity index (χ1n) is 7.82. The fourth-order valence-corrected chi connectivity index (χ4v) is 2.18. The number of hydrogen-bond acceptors (Lipinski definition) is 4. The number of esters is 2. The summed E-state index contributed by atoms with van der Waals surface area (Å²) in [5, 5.41) is 0. The van der Waals surface area contributed by atoms with Crippen molar-refractivity contribution in [2.45, 2.75) is 79.2 Å². The molecule has 0 saturated heterocycles. The Hall–Kier alpha value is -1.06. The van der Waals surface area contributed by atoms with E-state index < -0.39 is 17.4 Å². The Labute approximate surface area is 123 Å². The van der Waals surface area contributed by atoms with Crippen LogP contribution in [0.15, 0.2) is 0 Å². The minimum absolute atomic E-state index is 0.223. The fourth-order valence-electron chi connectivity index (χ4n) is 2.18. The van der Waals surface area contributed by atoms with Crippen molar-refractivity contribution in [3.8, 4) is 0 Å². The fraction of sp³-hybridized carbons (Fsp3) is 0.875. The highest BCUT2D eigenvalue weighted by Crippen LogP contribution is 2.34. The van der Waals surface area contributed by atoms with Crippen LogP contribution >= 0.6 is 0 Å². The smallest absolute Gasteiger partial charge is 0.323 e. The molecule has 0 bridgehead atoms. The largest absolute Gasteiger partial charge is 0.465 e. The van der Waals surface area contributed by atoms with Gasteiger partial charge in [0.2, 0.25) is 0 Å². The van der Waals surface area contributed by atoms with Crippen molar-refractivity contribution < 1.29 is 19.1 Å². The molecule has 20 heavy (non-hydrogen) atoms. The molecule has 0 heterocycles. The molecule has 0 aromatic heterocycles. The van der Waals surface area contributed by atoms with Gasteiger partial charge in [0.05, 0.1) is 12.7 Å². The summed E-state index contributed by atoms with van der Waals surface area (Å²) < 4.78 is 10.6. The van der Waals surface area contributed by atoms with Gasteiger partial charge in [0.25, 0.3) is 0 Å². The molecule has 0 aromatic rings. The predicted molar refractivity (Wildman–Crippen MR) is 79.3 cm³/mol. The van der Waals surface area contributed by atoms with E-state index in [0.717, 1.165) is 25.7 Å². The molecule has 0 aliphatic rings. The van der Waals surface area contributed by atoms with Crippen LogP contribution in [0, 0.1) is 5.41 Å². The molecule has 0 amide bonds. The van der Waals surface area contributed by atoms with Crippen LogP contribution in [0.5, 0.6) is 0 Å². The summed E-state index contributed by atoms with van der Waals surface area (Å²) in [6.45, 7) is 9.90. The van der Waals surface area contributed by atoms with Gasteiger partial charge >= 0.3 is 11.9 Å². The Morgan fingerprint density at radius 1 is 0.950 bits per heavy atom. The second-order valence-electron chi connectivity index (χ2n) is 5.53. The molecule has 0 rings (SSSR count). The molecule has 0 fully saturated rings. The molecule has 118 valence electrons. The summed E-state index contributed by atoms with van der Waals surface area (Å²) >= 11 is 0. The third-order valence-corrected chi connectivity index (χ3v) is 3.20. The highest BCUT2D eigenvalue weighted by atomic mass is 16.6. The molecule has 0 saturated carbocycles. The molecule has 0 radical (unpaired) electrons. The first-order valence-corrected chi connectivity index (χ1v) is 7.82. The van der Waals surface area contributed by atoms with Crippen LogP contribution in [0.2, 0.25) is 0 Å². The lowest BCUT2D eigenvalue weighted by atomic mass is 9.78. The maximum absolute atomic E-state index is 12.5. The zero-order valence-corrected chi connectivity index (χ0v) is 13.7. The summed E-state index contributed by atoms with van der Waals surface area (Å²) in [4.78, 5) is 24.9. The minimum Gasteiger partial charge on any atom is -0.465 e. The Kier molecular flexibility index (Phi) is 9.26.